The number of furan rings is 1. The van der Waals surface area contributed by atoms with Crippen LogP contribution in [-0.2, 0) is 10.5 Å². The Bertz CT molecular complexity index is 1630. The number of hydrogen-bond acceptors (Lipinski definition) is 6. The molecule has 3 aromatic carbocycles. The normalized spacial score (nSPS) is 16.6. The number of benzene rings is 3. The predicted octanol–water partition coefficient (Wildman–Crippen LogP) is 5.44. The number of para-hydroxylation sites is 1. The highest BCUT2D eigenvalue weighted by Crippen LogP contribution is 2.34. The molecule has 0 spiro atoms. The third-order valence-corrected chi connectivity index (χ3v) is 7.66. The van der Waals surface area contributed by atoms with Crippen LogP contribution < -0.4 is 15.9 Å². The summed E-state index contributed by atoms with van der Waals surface area (Å²) in [5, 5.41) is 12.0. The van der Waals surface area contributed by atoms with Crippen molar-refractivity contribution in [2.45, 2.75) is 11.9 Å². The van der Waals surface area contributed by atoms with Crippen LogP contribution in [0.3, 0.4) is 0 Å². The lowest BCUT2D eigenvalue weighted by atomic mass is 10.1. The fourth-order valence-electron chi connectivity index (χ4n) is 4.10. The zero-order chi connectivity index (χ0) is 24.6. The number of rotatable bonds is 4. The molecular weight excluding hydrogens is 560 g/mol. The van der Waals surface area contributed by atoms with Gasteiger partial charge in [-0.3, -0.25) is 10.1 Å². The van der Waals surface area contributed by atoms with Gasteiger partial charge in [0.05, 0.1) is 5.36 Å². The minimum absolute atomic E-state index is 0.237. The largest absolute Gasteiger partial charge is 0.457 e. The molecule has 0 saturated heterocycles. The minimum atomic E-state index is -0.624. The van der Waals surface area contributed by atoms with E-state index in [4.69, 9.17) is 26.1 Å². The van der Waals surface area contributed by atoms with Gasteiger partial charge in [0.1, 0.15) is 11.5 Å². The van der Waals surface area contributed by atoms with Gasteiger partial charge in [-0.05, 0) is 42.0 Å². The summed E-state index contributed by atoms with van der Waals surface area (Å²) in [6.45, 7) is 0. The second kappa shape index (κ2) is 9.61. The van der Waals surface area contributed by atoms with Gasteiger partial charge in [0, 0.05) is 26.0 Å². The van der Waals surface area contributed by atoms with Crippen LogP contribution in [0.1, 0.15) is 17.5 Å². The molecule has 0 saturated carbocycles. The molecule has 0 unspecified atom stereocenters. The van der Waals surface area contributed by atoms with Crippen molar-refractivity contribution in [3.8, 4) is 11.3 Å². The lowest BCUT2D eigenvalue weighted by molar-refractivity contribution is -0.116. The van der Waals surface area contributed by atoms with Crippen molar-refractivity contribution in [1.29, 1.82) is 0 Å². The number of thioether (sulfide) groups is 1. The Morgan fingerprint density at radius 1 is 1.00 bits per heavy atom. The fourth-order valence-corrected chi connectivity index (χ4v) is 5.50. The summed E-state index contributed by atoms with van der Waals surface area (Å²) in [5.41, 5.74) is 2.35. The van der Waals surface area contributed by atoms with Gasteiger partial charge in [-0.1, -0.05) is 87.8 Å². The highest BCUT2D eigenvalue weighted by atomic mass is 79.9. The third kappa shape index (κ3) is 4.36. The van der Waals surface area contributed by atoms with Crippen LogP contribution >= 0.6 is 39.3 Å². The second-order valence-corrected chi connectivity index (χ2v) is 10.4. The number of hydrazone groups is 1. The van der Waals surface area contributed by atoms with Gasteiger partial charge in [-0.15, -0.1) is 5.10 Å². The fraction of sp³-hybridized carbons (Fsp3) is 0.0741. The van der Waals surface area contributed by atoms with Crippen molar-refractivity contribution in [1.82, 2.24) is 10.3 Å². The molecule has 2 aliphatic heterocycles. The first-order valence-electron chi connectivity index (χ1n) is 11.1. The molecule has 0 aliphatic carbocycles. The van der Waals surface area contributed by atoms with Crippen LogP contribution in [0, 0.1) is 0 Å². The Hall–Kier alpha value is -3.33. The predicted molar refractivity (Wildman–Crippen MR) is 145 cm³/mol. The van der Waals surface area contributed by atoms with Crippen molar-refractivity contribution >= 4 is 56.1 Å². The summed E-state index contributed by atoms with van der Waals surface area (Å²) in [6.07, 6.45) is -0.624. The summed E-state index contributed by atoms with van der Waals surface area (Å²) in [4.78, 5) is 18.2. The van der Waals surface area contributed by atoms with E-state index in [2.05, 4.69) is 21.2 Å². The Labute approximate surface area is 224 Å². The van der Waals surface area contributed by atoms with E-state index in [0.29, 0.717) is 38.5 Å². The molecule has 6 nitrogen and oxygen atoms in total. The molecule has 1 N–H and O–H groups in total. The van der Waals surface area contributed by atoms with Crippen LogP contribution in [0.25, 0.3) is 17.0 Å². The maximum absolute atomic E-state index is 13.3. The first kappa shape index (κ1) is 23.1. The first-order valence-corrected chi connectivity index (χ1v) is 13.3. The molecule has 0 radical (unpaired) electrons. The Kier molecular flexibility index (Phi) is 6.17. The summed E-state index contributed by atoms with van der Waals surface area (Å²) < 4.78 is 7.23. The maximum atomic E-state index is 13.3. The van der Waals surface area contributed by atoms with E-state index in [1.165, 1.54) is 11.8 Å². The average Bonchev–Trinajstić information content (AvgIpc) is 3.38. The van der Waals surface area contributed by atoms with Crippen molar-refractivity contribution in [2.75, 3.05) is 0 Å². The molecule has 4 aromatic rings. The second-order valence-electron chi connectivity index (χ2n) is 8.16. The Morgan fingerprint density at radius 2 is 1.78 bits per heavy atom. The molecule has 2 aliphatic rings. The van der Waals surface area contributed by atoms with E-state index in [1.54, 1.807) is 5.01 Å². The van der Waals surface area contributed by atoms with Crippen LogP contribution in [-0.4, -0.2) is 16.1 Å². The van der Waals surface area contributed by atoms with Crippen LogP contribution in [0.15, 0.2) is 104 Å². The van der Waals surface area contributed by atoms with Crippen molar-refractivity contribution in [3.05, 3.63) is 116 Å². The van der Waals surface area contributed by atoms with Crippen molar-refractivity contribution in [3.63, 3.8) is 0 Å². The zero-order valence-electron chi connectivity index (χ0n) is 18.7. The van der Waals surface area contributed by atoms with E-state index < -0.39 is 6.17 Å². The minimum Gasteiger partial charge on any atom is -0.457 e. The molecule has 178 valence electrons. The number of hydrogen-bond donors (Lipinski definition) is 1. The number of nitrogens with one attached hydrogen (secondary N) is 1. The van der Waals surface area contributed by atoms with E-state index in [-0.39, 0.29) is 5.91 Å². The van der Waals surface area contributed by atoms with E-state index >= 15 is 0 Å². The van der Waals surface area contributed by atoms with E-state index in [0.717, 1.165) is 20.8 Å². The van der Waals surface area contributed by atoms with Gasteiger partial charge in [0.2, 0.25) is 6.17 Å². The number of carbonyl (C=O) groups is 1. The molecule has 6 rings (SSSR count). The highest BCUT2D eigenvalue weighted by molar-refractivity contribution is 9.10. The van der Waals surface area contributed by atoms with Crippen molar-refractivity contribution in [2.24, 2.45) is 10.1 Å². The maximum Gasteiger partial charge on any atom is 0.276 e. The molecule has 0 fully saturated rings. The van der Waals surface area contributed by atoms with E-state index in [1.807, 2.05) is 84.9 Å². The molecule has 1 amide bonds. The van der Waals surface area contributed by atoms with Gasteiger partial charge in [0.25, 0.3) is 5.91 Å². The number of halogens is 2. The standard InChI is InChI=1S/C27H18BrClN4O2S/c28-18-11-9-16(10-12-18)22-13-14-23(35-22)25-30-21-8-4-2-6-19(21)24-26(34)31-27(32-33(24)25)36-15-17-5-1-3-7-20(17)29/h1-14,25H,15H2,(H,31,32,34)/t25-/m1/s1. The molecule has 1 atom stereocenters. The van der Waals surface area contributed by atoms with Crippen LogP contribution in [0.2, 0.25) is 5.02 Å². The van der Waals surface area contributed by atoms with Gasteiger partial charge >= 0.3 is 0 Å². The quantitative estimate of drug-likeness (QED) is 0.351. The smallest absolute Gasteiger partial charge is 0.276 e. The summed E-state index contributed by atoms with van der Waals surface area (Å²) in [5.74, 6) is 1.63. The average molecular weight is 578 g/mol. The van der Waals surface area contributed by atoms with Gasteiger partial charge in [-0.25, -0.2) is 10.0 Å². The van der Waals surface area contributed by atoms with Crippen LogP contribution in [0.4, 0.5) is 0 Å². The number of fused-ring (bicyclic) bond motifs is 2. The van der Waals surface area contributed by atoms with Gasteiger partial charge in [-0.2, -0.15) is 0 Å². The molecular formula is C27H18BrClN4O2S. The number of nitrogens with zero attached hydrogens (tertiary/aromatic N) is 3. The lowest BCUT2D eigenvalue weighted by Gasteiger charge is -2.32. The third-order valence-electron chi connectivity index (χ3n) is 5.85. The first-order chi connectivity index (χ1) is 17.6. The number of amides is 1. The molecule has 3 heterocycles. The zero-order valence-corrected chi connectivity index (χ0v) is 21.8. The summed E-state index contributed by atoms with van der Waals surface area (Å²) >= 11 is 11.2. The Morgan fingerprint density at radius 3 is 2.61 bits per heavy atom. The van der Waals surface area contributed by atoms with Crippen LogP contribution in [0.5, 0.6) is 0 Å². The molecule has 0 bridgehead atoms. The monoisotopic (exact) mass is 576 g/mol. The molecule has 1 aromatic heterocycles. The molecule has 9 heteroatoms. The SMILES string of the molecule is O=C1NC(SCc2ccccc2Cl)=NN2C1=c1ccccc1=N[C@H]2c1ccc(-c2ccc(Br)cc2)o1. The number of amidine groups is 1. The lowest BCUT2D eigenvalue weighted by Crippen LogP contribution is -2.50. The van der Waals surface area contributed by atoms with Gasteiger partial charge < -0.3 is 4.42 Å². The van der Waals surface area contributed by atoms with E-state index in [9.17, 15) is 4.79 Å². The molecule has 36 heavy (non-hydrogen) atoms. The van der Waals surface area contributed by atoms with Gasteiger partial charge in [0.15, 0.2) is 10.9 Å². The number of carbonyl (C=O) groups excluding carboxylic acids is 1. The summed E-state index contributed by atoms with van der Waals surface area (Å²) in [7, 11) is 0. The Balaban J connectivity index is 1.39. The topological polar surface area (TPSA) is 70.2 Å². The summed E-state index contributed by atoms with van der Waals surface area (Å²) in [6, 6.07) is 26.9. The van der Waals surface area contributed by atoms with Crippen molar-refractivity contribution < 1.29 is 9.21 Å². The highest BCUT2D eigenvalue weighted by Gasteiger charge is 2.36.